The van der Waals surface area contributed by atoms with Crippen LogP contribution in [0.4, 0.5) is 18.9 Å². The van der Waals surface area contributed by atoms with Crippen LogP contribution in [0.15, 0.2) is 41.2 Å². The van der Waals surface area contributed by atoms with Crippen molar-refractivity contribution in [1.82, 2.24) is 19.8 Å². The average molecular weight is 504 g/mol. The molecule has 0 radical (unpaired) electrons. The van der Waals surface area contributed by atoms with Gasteiger partial charge in [0.15, 0.2) is 0 Å². The molecule has 1 aliphatic rings. The number of likely N-dealkylation sites (N-methyl/N-ethyl adjacent to an activating group) is 1. The Bertz CT molecular complexity index is 1210. The maximum Gasteiger partial charge on any atom is 0.432 e. The second-order valence-electron chi connectivity index (χ2n) is 8.06. The van der Waals surface area contributed by atoms with Crippen molar-refractivity contribution in [3.8, 4) is 29.0 Å². The lowest BCUT2D eigenvalue weighted by atomic mass is 10.1. The molecular weight excluding hydrogens is 479 g/mol. The molecule has 1 amide bonds. The van der Waals surface area contributed by atoms with E-state index in [0.29, 0.717) is 30.2 Å². The molecule has 0 saturated carbocycles. The van der Waals surface area contributed by atoms with Crippen LogP contribution in [-0.2, 0) is 11.0 Å². The molecule has 1 fully saturated rings. The molecule has 184 valence electrons. The number of alkyl halides is 3. The van der Waals surface area contributed by atoms with E-state index in [9.17, 15) is 18.0 Å². The second-order valence-corrected chi connectivity index (χ2v) is 8.84. The Morgan fingerprint density at radius 2 is 2.06 bits per heavy atom. The minimum absolute atomic E-state index is 0.0289. The predicted octanol–water partition coefficient (Wildman–Crippen LogP) is 3.77. The van der Waals surface area contributed by atoms with Crippen LogP contribution in [0.2, 0.25) is 0 Å². The summed E-state index contributed by atoms with van der Waals surface area (Å²) in [4.78, 5) is 23.1. The SMILES string of the molecule is CN1CCN(CCOc2ccc(-c3ncc(C(F)(F)F)[nH]3)cc2NC(=O)C#Cc2ccsc2)CC1. The molecule has 0 spiro atoms. The van der Waals surface area contributed by atoms with Gasteiger partial charge in [-0.05, 0) is 36.7 Å². The number of nitrogens with zero attached hydrogens (tertiary/aromatic N) is 3. The Kier molecular flexibility index (Phi) is 7.75. The van der Waals surface area contributed by atoms with E-state index in [1.165, 1.54) is 17.4 Å². The number of benzene rings is 1. The third kappa shape index (κ3) is 6.85. The molecule has 2 N–H and O–H groups in total. The van der Waals surface area contributed by atoms with Crippen molar-refractivity contribution in [2.24, 2.45) is 0 Å². The molecule has 2 aromatic heterocycles. The summed E-state index contributed by atoms with van der Waals surface area (Å²) in [5.74, 6) is 5.16. The van der Waals surface area contributed by atoms with E-state index in [-0.39, 0.29) is 5.82 Å². The van der Waals surface area contributed by atoms with E-state index < -0.39 is 17.8 Å². The smallest absolute Gasteiger partial charge is 0.432 e. The summed E-state index contributed by atoms with van der Waals surface area (Å²) in [6, 6.07) is 6.52. The first-order valence-corrected chi connectivity index (χ1v) is 11.9. The zero-order valence-electron chi connectivity index (χ0n) is 19.0. The Labute approximate surface area is 204 Å². The van der Waals surface area contributed by atoms with Gasteiger partial charge in [-0.2, -0.15) is 24.5 Å². The van der Waals surface area contributed by atoms with E-state index in [4.69, 9.17) is 4.74 Å². The van der Waals surface area contributed by atoms with Crippen LogP contribution in [0.3, 0.4) is 0 Å². The molecule has 3 aromatic rings. The Hall–Kier alpha value is -3.33. The molecule has 0 atom stereocenters. The third-order valence-corrected chi connectivity index (χ3v) is 6.17. The maximum atomic E-state index is 13.0. The summed E-state index contributed by atoms with van der Waals surface area (Å²) in [5.41, 5.74) is 0.438. The zero-order chi connectivity index (χ0) is 24.8. The Morgan fingerprint density at radius 1 is 1.26 bits per heavy atom. The largest absolute Gasteiger partial charge is 0.490 e. The van der Waals surface area contributed by atoms with Gasteiger partial charge in [-0.3, -0.25) is 9.69 Å². The number of imidazole rings is 1. The van der Waals surface area contributed by atoms with Crippen molar-refractivity contribution < 1.29 is 22.7 Å². The molecule has 1 aliphatic heterocycles. The number of thiophene rings is 1. The lowest BCUT2D eigenvalue weighted by Crippen LogP contribution is -2.45. The van der Waals surface area contributed by atoms with E-state index in [2.05, 4.69) is 44.0 Å². The number of aromatic nitrogens is 2. The van der Waals surface area contributed by atoms with Gasteiger partial charge < -0.3 is 19.9 Å². The highest BCUT2D eigenvalue weighted by Gasteiger charge is 2.33. The number of nitrogens with one attached hydrogen (secondary N) is 2. The molecule has 0 bridgehead atoms. The molecule has 4 rings (SSSR count). The molecule has 1 saturated heterocycles. The van der Waals surface area contributed by atoms with Gasteiger partial charge in [0.25, 0.3) is 0 Å². The van der Waals surface area contributed by atoms with Crippen molar-refractivity contribution in [3.63, 3.8) is 0 Å². The fourth-order valence-electron chi connectivity index (χ4n) is 3.49. The number of hydrogen-bond donors (Lipinski definition) is 2. The van der Waals surface area contributed by atoms with E-state index in [1.807, 2.05) is 10.8 Å². The topological polar surface area (TPSA) is 73.5 Å². The number of H-pyrrole nitrogens is 1. The first kappa shape index (κ1) is 24.8. The van der Waals surface area contributed by atoms with Gasteiger partial charge in [0.2, 0.25) is 0 Å². The number of carbonyl (C=O) groups excluding carboxylic acids is 1. The van der Waals surface area contributed by atoms with E-state index in [1.54, 1.807) is 18.2 Å². The van der Waals surface area contributed by atoms with E-state index in [0.717, 1.165) is 37.9 Å². The van der Waals surface area contributed by atoms with Gasteiger partial charge in [0.1, 0.15) is 23.9 Å². The first-order valence-electron chi connectivity index (χ1n) is 10.9. The fraction of sp³-hybridized carbons (Fsp3) is 0.333. The fourth-order valence-corrected chi connectivity index (χ4v) is 4.07. The van der Waals surface area contributed by atoms with Crippen molar-refractivity contribution in [3.05, 3.63) is 52.5 Å². The van der Waals surface area contributed by atoms with Crippen LogP contribution in [0.25, 0.3) is 11.4 Å². The molecule has 7 nitrogen and oxygen atoms in total. The number of aromatic amines is 1. The van der Waals surface area contributed by atoms with Gasteiger partial charge in [-0.25, -0.2) is 4.98 Å². The molecule has 35 heavy (non-hydrogen) atoms. The number of carbonyl (C=O) groups is 1. The molecule has 0 unspecified atom stereocenters. The second kappa shape index (κ2) is 10.9. The average Bonchev–Trinajstić information content (AvgIpc) is 3.52. The molecule has 3 heterocycles. The van der Waals surface area contributed by atoms with Crippen LogP contribution in [0.5, 0.6) is 5.75 Å². The Morgan fingerprint density at radius 3 is 2.74 bits per heavy atom. The van der Waals surface area contributed by atoms with Crippen LogP contribution in [-0.4, -0.2) is 72.1 Å². The summed E-state index contributed by atoms with van der Waals surface area (Å²) in [6.45, 7) is 4.98. The van der Waals surface area contributed by atoms with Crippen molar-refractivity contribution in [1.29, 1.82) is 0 Å². The lowest BCUT2D eigenvalue weighted by Gasteiger charge is -2.32. The van der Waals surface area contributed by atoms with Gasteiger partial charge >= 0.3 is 12.1 Å². The predicted molar refractivity (Wildman–Crippen MR) is 128 cm³/mol. The van der Waals surface area contributed by atoms with Gasteiger partial charge in [-0.15, -0.1) is 0 Å². The number of anilines is 1. The number of piperazine rings is 1. The highest BCUT2D eigenvalue weighted by Crippen LogP contribution is 2.32. The highest BCUT2D eigenvalue weighted by atomic mass is 32.1. The number of amides is 1. The third-order valence-electron chi connectivity index (χ3n) is 5.48. The van der Waals surface area contributed by atoms with Crippen molar-refractivity contribution in [2.45, 2.75) is 6.18 Å². The minimum atomic E-state index is -4.54. The van der Waals surface area contributed by atoms with Crippen molar-refractivity contribution in [2.75, 3.05) is 51.7 Å². The lowest BCUT2D eigenvalue weighted by molar-refractivity contribution is -0.140. The van der Waals surface area contributed by atoms with Crippen LogP contribution in [0, 0.1) is 11.8 Å². The summed E-state index contributed by atoms with van der Waals surface area (Å²) in [7, 11) is 2.09. The number of halogens is 3. The molecule has 11 heteroatoms. The minimum Gasteiger partial charge on any atom is -0.490 e. The van der Waals surface area contributed by atoms with E-state index >= 15 is 0 Å². The van der Waals surface area contributed by atoms with Crippen LogP contribution in [0.1, 0.15) is 11.3 Å². The Balaban J connectivity index is 1.51. The number of hydrogen-bond acceptors (Lipinski definition) is 6. The summed E-state index contributed by atoms with van der Waals surface area (Å²) in [5, 5.41) is 6.38. The van der Waals surface area contributed by atoms with Crippen LogP contribution >= 0.6 is 11.3 Å². The first-order chi connectivity index (χ1) is 16.8. The zero-order valence-corrected chi connectivity index (χ0v) is 19.8. The maximum absolute atomic E-state index is 13.0. The monoisotopic (exact) mass is 503 g/mol. The standard InChI is InChI=1S/C24H24F3N5O2S/c1-31-7-9-32(10-8-31)11-12-34-20-4-3-18(23-28-15-21(30-23)24(25,26)27)14-19(20)29-22(33)5-2-17-6-13-35-16-17/h3-4,6,13-16H,7-12H2,1H3,(H,28,30)(H,29,33). The van der Waals surface area contributed by atoms with Gasteiger partial charge in [0.05, 0.1) is 11.9 Å². The quantitative estimate of drug-likeness (QED) is 0.501. The number of ether oxygens (including phenoxy) is 1. The van der Waals surface area contributed by atoms with Crippen molar-refractivity contribution >= 4 is 22.9 Å². The highest BCUT2D eigenvalue weighted by molar-refractivity contribution is 7.08. The van der Waals surface area contributed by atoms with Crippen LogP contribution < -0.4 is 10.1 Å². The normalized spacial score (nSPS) is 14.9. The summed E-state index contributed by atoms with van der Waals surface area (Å²) < 4.78 is 44.9. The van der Waals surface area contributed by atoms with Gasteiger partial charge in [0, 0.05) is 55.2 Å². The molecule has 1 aromatic carbocycles. The summed E-state index contributed by atoms with van der Waals surface area (Å²) in [6.07, 6.45) is -3.80. The number of rotatable bonds is 6. The summed E-state index contributed by atoms with van der Waals surface area (Å²) >= 11 is 1.47. The van der Waals surface area contributed by atoms with Gasteiger partial charge in [-0.1, -0.05) is 5.92 Å². The molecular formula is C24H24F3N5O2S. The molecule has 0 aliphatic carbocycles.